The lowest BCUT2D eigenvalue weighted by molar-refractivity contribution is 0.307. The van der Waals surface area contributed by atoms with E-state index in [1.54, 1.807) is 12.5 Å². The third-order valence-electron chi connectivity index (χ3n) is 2.11. The standard InChI is InChI=1S/C11H14N2O2/c1-2-12-6-8-15-11-9-4-7-14-10(9)3-5-13-11/h3-5,7,12H,2,6,8H2,1H3. The fourth-order valence-corrected chi connectivity index (χ4v) is 1.38. The average Bonchev–Trinajstić information content (AvgIpc) is 2.73. The lowest BCUT2D eigenvalue weighted by Crippen LogP contribution is -2.20. The molecule has 0 spiro atoms. The van der Waals surface area contributed by atoms with E-state index in [-0.39, 0.29) is 0 Å². The van der Waals surface area contributed by atoms with Crippen LogP contribution >= 0.6 is 0 Å². The minimum Gasteiger partial charge on any atom is -0.476 e. The van der Waals surface area contributed by atoms with Gasteiger partial charge >= 0.3 is 0 Å². The van der Waals surface area contributed by atoms with Gasteiger partial charge < -0.3 is 14.5 Å². The van der Waals surface area contributed by atoms with Gasteiger partial charge in [0.15, 0.2) is 0 Å². The molecule has 4 heteroatoms. The van der Waals surface area contributed by atoms with Crippen LogP contribution in [0.4, 0.5) is 0 Å². The monoisotopic (exact) mass is 206 g/mol. The number of furan rings is 1. The molecule has 0 aromatic carbocycles. The number of nitrogens with one attached hydrogen (secondary N) is 1. The Labute approximate surface area is 88.3 Å². The van der Waals surface area contributed by atoms with Crippen LogP contribution in [-0.4, -0.2) is 24.7 Å². The van der Waals surface area contributed by atoms with Crippen LogP contribution in [0.2, 0.25) is 0 Å². The molecular formula is C11H14N2O2. The van der Waals surface area contributed by atoms with Crippen molar-refractivity contribution in [3.63, 3.8) is 0 Å². The van der Waals surface area contributed by atoms with Crippen LogP contribution in [0.3, 0.4) is 0 Å². The summed E-state index contributed by atoms with van der Waals surface area (Å²) >= 11 is 0. The Bertz CT molecular complexity index is 425. The Kier molecular flexibility index (Phi) is 3.19. The number of hydrogen-bond acceptors (Lipinski definition) is 4. The first-order chi connectivity index (χ1) is 7.42. The highest BCUT2D eigenvalue weighted by Gasteiger charge is 2.04. The van der Waals surface area contributed by atoms with Crippen molar-refractivity contribution >= 4 is 11.0 Å². The van der Waals surface area contributed by atoms with Crippen molar-refractivity contribution in [2.24, 2.45) is 0 Å². The molecule has 0 saturated heterocycles. The third kappa shape index (κ3) is 2.27. The van der Waals surface area contributed by atoms with E-state index in [1.807, 2.05) is 12.1 Å². The van der Waals surface area contributed by atoms with Gasteiger partial charge in [-0.15, -0.1) is 0 Å². The number of hydrogen-bond donors (Lipinski definition) is 1. The van der Waals surface area contributed by atoms with E-state index in [9.17, 15) is 0 Å². The van der Waals surface area contributed by atoms with Gasteiger partial charge in [-0.1, -0.05) is 6.92 Å². The second-order valence-electron chi connectivity index (χ2n) is 3.15. The zero-order valence-electron chi connectivity index (χ0n) is 8.69. The summed E-state index contributed by atoms with van der Waals surface area (Å²) in [6, 6.07) is 3.69. The van der Waals surface area contributed by atoms with Crippen LogP contribution in [0.1, 0.15) is 6.92 Å². The first kappa shape index (κ1) is 9.98. The summed E-state index contributed by atoms with van der Waals surface area (Å²) in [6.45, 7) is 4.46. The van der Waals surface area contributed by atoms with Gasteiger partial charge in [0.05, 0.1) is 11.6 Å². The third-order valence-corrected chi connectivity index (χ3v) is 2.11. The Morgan fingerprint density at radius 1 is 1.47 bits per heavy atom. The number of aromatic nitrogens is 1. The summed E-state index contributed by atoms with van der Waals surface area (Å²) in [5.74, 6) is 0.638. The maximum atomic E-state index is 5.55. The maximum absolute atomic E-state index is 5.55. The molecule has 0 aliphatic heterocycles. The highest BCUT2D eigenvalue weighted by Crippen LogP contribution is 2.23. The van der Waals surface area contributed by atoms with Gasteiger partial charge in [0, 0.05) is 12.7 Å². The molecule has 4 nitrogen and oxygen atoms in total. The largest absolute Gasteiger partial charge is 0.476 e. The predicted molar refractivity (Wildman–Crippen MR) is 58.0 cm³/mol. The average molecular weight is 206 g/mol. The van der Waals surface area contributed by atoms with Crippen molar-refractivity contribution in [2.45, 2.75) is 6.92 Å². The van der Waals surface area contributed by atoms with Crippen LogP contribution < -0.4 is 10.1 Å². The molecule has 2 aromatic heterocycles. The zero-order chi connectivity index (χ0) is 10.5. The van der Waals surface area contributed by atoms with Crippen molar-refractivity contribution in [1.82, 2.24) is 10.3 Å². The van der Waals surface area contributed by atoms with Crippen LogP contribution in [0.15, 0.2) is 29.0 Å². The van der Waals surface area contributed by atoms with E-state index >= 15 is 0 Å². The number of nitrogens with zero attached hydrogens (tertiary/aromatic N) is 1. The number of ether oxygens (including phenoxy) is 1. The molecule has 0 atom stereocenters. The Hall–Kier alpha value is -1.55. The van der Waals surface area contributed by atoms with Crippen molar-refractivity contribution in [1.29, 1.82) is 0 Å². The van der Waals surface area contributed by atoms with E-state index < -0.39 is 0 Å². The number of rotatable bonds is 5. The minimum absolute atomic E-state index is 0.616. The van der Waals surface area contributed by atoms with Crippen LogP contribution in [-0.2, 0) is 0 Å². The van der Waals surface area contributed by atoms with E-state index in [0.29, 0.717) is 12.5 Å². The molecule has 1 N–H and O–H groups in total. The summed E-state index contributed by atoms with van der Waals surface area (Å²) < 4.78 is 10.8. The van der Waals surface area contributed by atoms with Gasteiger partial charge in [-0.25, -0.2) is 4.98 Å². The Balaban J connectivity index is 2.04. The number of fused-ring (bicyclic) bond motifs is 1. The van der Waals surface area contributed by atoms with Crippen LogP contribution in [0.25, 0.3) is 11.0 Å². The molecule has 0 amide bonds. The fraction of sp³-hybridized carbons (Fsp3) is 0.364. The van der Waals surface area contributed by atoms with Crippen molar-refractivity contribution in [3.8, 4) is 5.88 Å². The van der Waals surface area contributed by atoms with Crippen molar-refractivity contribution in [2.75, 3.05) is 19.7 Å². The van der Waals surface area contributed by atoms with Gasteiger partial charge in [0.25, 0.3) is 0 Å². The molecule has 0 unspecified atom stereocenters. The molecule has 0 aliphatic rings. The minimum atomic E-state index is 0.616. The zero-order valence-corrected chi connectivity index (χ0v) is 8.69. The van der Waals surface area contributed by atoms with E-state index in [1.165, 1.54) is 0 Å². The SMILES string of the molecule is CCNCCOc1nccc2occc12. The van der Waals surface area contributed by atoms with Crippen molar-refractivity contribution < 1.29 is 9.15 Å². The smallest absolute Gasteiger partial charge is 0.224 e. The van der Waals surface area contributed by atoms with E-state index in [0.717, 1.165) is 24.1 Å². The topological polar surface area (TPSA) is 47.3 Å². The molecule has 0 saturated carbocycles. The van der Waals surface area contributed by atoms with Crippen LogP contribution in [0.5, 0.6) is 5.88 Å². The molecule has 0 aliphatic carbocycles. The molecule has 2 rings (SSSR count). The molecule has 2 aromatic rings. The summed E-state index contributed by atoms with van der Waals surface area (Å²) in [6.07, 6.45) is 3.33. The van der Waals surface area contributed by atoms with Gasteiger partial charge in [0.2, 0.25) is 5.88 Å². The van der Waals surface area contributed by atoms with Gasteiger partial charge in [-0.3, -0.25) is 0 Å². The fourth-order valence-electron chi connectivity index (χ4n) is 1.38. The van der Waals surface area contributed by atoms with E-state index in [2.05, 4.69) is 17.2 Å². The highest BCUT2D eigenvalue weighted by atomic mass is 16.5. The number of likely N-dealkylation sites (N-methyl/N-ethyl adjacent to an activating group) is 1. The first-order valence-electron chi connectivity index (χ1n) is 5.07. The summed E-state index contributed by atoms with van der Waals surface area (Å²) in [5, 5.41) is 4.11. The molecule has 0 radical (unpaired) electrons. The molecule has 0 fully saturated rings. The van der Waals surface area contributed by atoms with Gasteiger partial charge in [-0.05, 0) is 18.7 Å². The summed E-state index contributed by atoms with van der Waals surface area (Å²) in [4.78, 5) is 4.17. The van der Waals surface area contributed by atoms with Gasteiger partial charge in [0.1, 0.15) is 12.2 Å². The predicted octanol–water partition coefficient (Wildman–Crippen LogP) is 1.82. The lowest BCUT2D eigenvalue weighted by Gasteiger charge is -2.05. The maximum Gasteiger partial charge on any atom is 0.224 e. The molecular weight excluding hydrogens is 192 g/mol. The lowest BCUT2D eigenvalue weighted by atomic mass is 10.3. The quantitative estimate of drug-likeness (QED) is 0.758. The van der Waals surface area contributed by atoms with Gasteiger partial charge in [-0.2, -0.15) is 0 Å². The first-order valence-corrected chi connectivity index (χ1v) is 5.07. The molecule has 2 heterocycles. The summed E-state index contributed by atoms with van der Waals surface area (Å²) in [7, 11) is 0. The molecule has 15 heavy (non-hydrogen) atoms. The molecule has 0 bridgehead atoms. The normalized spacial score (nSPS) is 10.7. The summed E-state index contributed by atoms with van der Waals surface area (Å²) in [5.41, 5.74) is 0.809. The van der Waals surface area contributed by atoms with Crippen LogP contribution in [0, 0.1) is 0 Å². The second-order valence-corrected chi connectivity index (χ2v) is 3.15. The van der Waals surface area contributed by atoms with E-state index in [4.69, 9.17) is 9.15 Å². The number of pyridine rings is 1. The molecule has 80 valence electrons. The Morgan fingerprint density at radius 3 is 3.27 bits per heavy atom. The Morgan fingerprint density at radius 2 is 2.40 bits per heavy atom. The van der Waals surface area contributed by atoms with Crippen molar-refractivity contribution in [3.05, 3.63) is 24.6 Å². The second kappa shape index (κ2) is 4.79. The highest BCUT2D eigenvalue weighted by molar-refractivity contribution is 5.81.